The van der Waals surface area contributed by atoms with Crippen LogP contribution in [-0.2, 0) is 4.79 Å². The van der Waals surface area contributed by atoms with Crippen LogP contribution in [0.3, 0.4) is 0 Å². The molecule has 0 unspecified atom stereocenters. The van der Waals surface area contributed by atoms with E-state index in [-0.39, 0.29) is 23.6 Å². The fraction of sp³-hybridized carbons (Fsp3) is 0.192. The fourth-order valence-corrected chi connectivity index (χ4v) is 4.51. The first-order chi connectivity index (χ1) is 16.6. The van der Waals surface area contributed by atoms with E-state index in [9.17, 15) is 9.59 Å². The van der Waals surface area contributed by atoms with Crippen molar-refractivity contribution in [3.63, 3.8) is 0 Å². The second-order valence-electron chi connectivity index (χ2n) is 8.05. The zero-order valence-electron chi connectivity index (χ0n) is 18.7. The molecule has 2 amide bonds. The molecule has 34 heavy (non-hydrogen) atoms. The molecule has 4 aromatic rings. The molecule has 0 atom stereocenters. The number of para-hydroxylation sites is 3. The van der Waals surface area contributed by atoms with Crippen LogP contribution in [0.2, 0.25) is 0 Å². The van der Waals surface area contributed by atoms with Gasteiger partial charge in [-0.15, -0.1) is 0 Å². The van der Waals surface area contributed by atoms with E-state index in [0.717, 1.165) is 35.3 Å². The number of benzene rings is 3. The Morgan fingerprint density at radius 1 is 1.03 bits per heavy atom. The highest BCUT2D eigenvalue weighted by Gasteiger charge is 2.25. The zero-order valence-corrected chi connectivity index (χ0v) is 19.5. The molecule has 0 bridgehead atoms. The van der Waals surface area contributed by atoms with Gasteiger partial charge in [0.25, 0.3) is 5.91 Å². The van der Waals surface area contributed by atoms with E-state index in [4.69, 9.17) is 9.72 Å². The number of fused-ring (bicyclic) bond motifs is 1. The molecular weight excluding hydrogens is 448 g/mol. The van der Waals surface area contributed by atoms with Crippen LogP contribution in [0.5, 0.6) is 5.75 Å². The summed E-state index contributed by atoms with van der Waals surface area (Å²) in [5.41, 5.74) is 3.72. The van der Waals surface area contributed by atoms with Crippen LogP contribution in [0.1, 0.15) is 23.2 Å². The van der Waals surface area contributed by atoms with Gasteiger partial charge in [0.2, 0.25) is 5.91 Å². The summed E-state index contributed by atoms with van der Waals surface area (Å²) in [7, 11) is 1.63. The van der Waals surface area contributed by atoms with Crippen molar-refractivity contribution in [2.24, 2.45) is 0 Å². The van der Waals surface area contributed by atoms with E-state index in [0.29, 0.717) is 16.4 Å². The number of aromatic nitrogens is 2. The molecule has 8 heteroatoms. The van der Waals surface area contributed by atoms with Crippen molar-refractivity contribution in [1.82, 2.24) is 14.9 Å². The lowest BCUT2D eigenvalue weighted by atomic mass is 10.1. The monoisotopic (exact) mass is 472 g/mol. The van der Waals surface area contributed by atoms with Gasteiger partial charge in [0.15, 0.2) is 5.16 Å². The number of rotatable bonds is 8. The Morgan fingerprint density at radius 3 is 2.53 bits per heavy atom. The largest absolute Gasteiger partial charge is 0.497 e. The Hall–Kier alpha value is -3.78. The zero-order chi connectivity index (χ0) is 23.5. The minimum absolute atomic E-state index is 0.151. The van der Waals surface area contributed by atoms with Gasteiger partial charge >= 0.3 is 0 Å². The fourth-order valence-electron chi connectivity index (χ4n) is 3.68. The molecule has 1 fully saturated rings. The van der Waals surface area contributed by atoms with Crippen molar-refractivity contribution in [3.8, 4) is 11.4 Å². The molecule has 5 rings (SSSR count). The first-order valence-corrected chi connectivity index (χ1v) is 12.1. The van der Waals surface area contributed by atoms with Gasteiger partial charge in [-0.05, 0) is 61.4 Å². The third-order valence-corrected chi connectivity index (χ3v) is 6.49. The molecule has 0 saturated heterocycles. The summed E-state index contributed by atoms with van der Waals surface area (Å²) in [6.45, 7) is 0. The summed E-state index contributed by atoms with van der Waals surface area (Å²) in [6, 6.07) is 22.9. The van der Waals surface area contributed by atoms with Gasteiger partial charge in [-0.25, -0.2) is 4.98 Å². The minimum Gasteiger partial charge on any atom is -0.497 e. The van der Waals surface area contributed by atoms with Crippen LogP contribution in [0.4, 0.5) is 5.69 Å². The minimum atomic E-state index is -0.204. The molecule has 1 saturated carbocycles. The average Bonchev–Trinajstić information content (AvgIpc) is 3.60. The predicted octanol–water partition coefficient (Wildman–Crippen LogP) is 4.66. The molecule has 1 heterocycles. The molecule has 1 aromatic heterocycles. The quantitative estimate of drug-likeness (QED) is 0.365. The number of methoxy groups -OCH3 is 1. The maximum atomic E-state index is 12.8. The van der Waals surface area contributed by atoms with E-state index in [1.807, 2.05) is 53.1 Å². The summed E-state index contributed by atoms with van der Waals surface area (Å²) in [4.78, 5) is 30.1. The second kappa shape index (κ2) is 9.61. The van der Waals surface area contributed by atoms with Crippen molar-refractivity contribution in [2.75, 3.05) is 18.2 Å². The van der Waals surface area contributed by atoms with Gasteiger partial charge in [-0.3, -0.25) is 14.2 Å². The Bertz CT molecular complexity index is 1350. The highest BCUT2D eigenvalue weighted by molar-refractivity contribution is 7.99. The van der Waals surface area contributed by atoms with Gasteiger partial charge in [0.1, 0.15) is 5.75 Å². The normalized spacial score (nSPS) is 13.0. The molecule has 7 nitrogen and oxygen atoms in total. The lowest BCUT2D eigenvalue weighted by molar-refractivity contribution is -0.113. The van der Waals surface area contributed by atoms with E-state index in [1.165, 1.54) is 11.8 Å². The van der Waals surface area contributed by atoms with Crippen molar-refractivity contribution >= 4 is 40.3 Å². The SMILES string of the molecule is COc1ccc(-n2c(SCC(=O)Nc3ccccc3C(=O)NC3CC3)nc3ccccc32)cc1. The summed E-state index contributed by atoms with van der Waals surface area (Å²) in [5, 5.41) is 6.57. The van der Waals surface area contributed by atoms with Crippen LogP contribution in [0.15, 0.2) is 78.0 Å². The highest BCUT2D eigenvalue weighted by atomic mass is 32.2. The van der Waals surface area contributed by atoms with Gasteiger partial charge in [-0.1, -0.05) is 36.0 Å². The molecule has 3 aromatic carbocycles. The number of nitrogens with zero attached hydrogens (tertiary/aromatic N) is 2. The molecule has 1 aliphatic carbocycles. The summed E-state index contributed by atoms with van der Waals surface area (Å²) < 4.78 is 7.31. The van der Waals surface area contributed by atoms with E-state index in [2.05, 4.69) is 10.6 Å². The van der Waals surface area contributed by atoms with Crippen LogP contribution in [-0.4, -0.2) is 40.3 Å². The number of nitrogens with one attached hydrogen (secondary N) is 2. The van der Waals surface area contributed by atoms with Crippen molar-refractivity contribution in [2.45, 2.75) is 24.0 Å². The van der Waals surface area contributed by atoms with Crippen LogP contribution < -0.4 is 15.4 Å². The van der Waals surface area contributed by atoms with Crippen LogP contribution in [0.25, 0.3) is 16.7 Å². The number of anilines is 1. The third-order valence-electron chi connectivity index (χ3n) is 5.55. The molecule has 172 valence electrons. The third kappa shape index (κ3) is 4.77. The molecular formula is C26H24N4O3S. The predicted molar refractivity (Wildman–Crippen MR) is 134 cm³/mol. The first-order valence-electron chi connectivity index (χ1n) is 11.1. The molecule has 1 aliphatic rings. The molecule has 0 radical (unpaired) electrons. The maximum absolute atomic E-state index is 12.8. The topological polar surface area (TPSA) is 85.2 Å². The van der Waals surface area contributed by atoms with Gasteiger partial charge in [0, 0.05) is 11.7 Å². The standard InChI is InChI=1S/C26H24N4O3S/c1-33-19-14-12-18(13-15-19)30-23-9-5-4-8-22(23)29-26(30)34-16-24(31)28-21-7-3-2-6-20(21)25(32)27-17-10-11-17/h2-9,12-15,17H,10-11,16H2,1H3,(H,27,32)(H,28,31). The van der Waals surface area contributed by atoms with Crippen LogP contribution >= 0.6 is 11.8 Å². The van der Waals surface area contributed by atoms with Gasteiger partial charge in [0.05, 0.1) is 35.1 Å². The smallest absolute Gasteiger partial charge is 0.253 e. The molecule has 2 N–H and O–H groups in total. The molecule has 0 aliphatic heterocycles. The lowest BCUT2D eigenvalue weighted by Gasteiger charge is -2.12. The van der Waals surface area contributed by atoms with Crippen LogP contribution in [0, 0.1) is 0 Å². The number of carbonyl (C=O) groups excluding carboxylic acids is 2. The van der Waals surface area contributed by atoms with Gasteiger partial charge < -0.3 is 15.4 Å². The van der Waals surface area contributed by atoms with Crippen molar-refractivity contribution < 1.29 is 14.3 Å². The Balaban J connectivity index is 1.34. The number of carbonyl (C=O) groups is 2. The first kappa shape index (κ1) is 22.0. The number of imidazole rings is 1. The van der Waals surface area contributed by atoms with E-state index < -0.39 is 0 Å². The number of ether oxygens (including phenoxy) is 1. The summed E-state index contributed by atoms with van der Waals surface area (Å²) in [6.07, 6.45) is 2.01. The van der Waals surface area contributed by atoms with E-state index >= 15 is 0 Å². The maximum Gasteiger partial charge on any atom is 0.253 e. The average molecular weight is 473 g/mol. The second-order valence-corrected chi connectivity index (χ2v) is 8.99. The van der Waals surface area contributed by atoms with Gasteiger partial charge in [-0.2, -0.15) is 0 Å². The summed E-state index contributed by atoms with van der Waals surface area (Å²) in [5.74, 6) is 0.557. The van der Waals surface area contributed by atoms with E-state index in [1.54, 1.807) is 31.4 Å². The lowest BCUT2D eigenvalue weighted by Crippen LogP contribution is -2.27. The van der Waals surface area contributed by atoms with Crippen molar-refractivity contribution in [1.29, 1.82) is 0 Å². The summed E-state index contributed by atoms with van der Waals surface area (Å²) >= 11 is 1.35. The Kier molecular flexibility index (Phi) is 6.22. The number of amides is 2. The highest BCUT2D eigenvalue weighted by Crippen LogP contribution is 2.29. The number of hydrogen-bond donors (Lipinski definition) is 2. The molecule has 0 spiro atoms. The Morgan fingerprint density at radius 2 is 1.76 bits per heavy atom. The number of thioether (sulfide) groups is 1. The Labute approximate surface area is 201 Å². The van der Waals surface area contributed by atoms with Crippen molar-refractivity contribution in [3.05, 3.63) is 78.4 Å². The number of hydrogen-bond acceptors (Lipinski definition) is 5.